The zero-order valence-electron chi connectivity index (χ0n) is 12.3. The highest BCUT2D eigenvalue weighted by molar-refractivity contribution is 5.26. The van der Waals surface area contributed by atoms with Crippen molar-refractivity contribution in [2.24, 2.45) is 17.8 Å². The molecular weight excluding hydrogens is 225 g/mol. The first-order valence-electron chi connectivity index (χ1n) is 6.87. The Balaban J connectivity index is 2.52. The Hall–Kier alpha value is -0.890. The minimum atomic E-state index is -0.151. The van der Waals surface area contributed by atoms with E-state index in [4.69, 9.17) is 0 Å². The van der Waals surface area contributed by atoms with Gasteiger partial charge in [0.25, 0.3) is 0 Å². The number of halogens is 1. The van der Waals surface area contributed by atoms with Crippen LogP contribution in [-0.2, 0) is 6.54 Å². The summed E-state index contributed by atoms with van der Waals surface area (Å²) < 4.78 is 13.2. The maximum Gasteiger partial charge on any atom is 0.123 e. The van der Waals surface area contributed by atoms with Crippen LogP contribution in [0, 0.1) is 30.5 Å². The number of hydrogen-bond donors (Lipinski definition) is 1. The highest BCUT2D eigenvalue weighted by Gasteiger charge is 2.16. The molecule has 0 aromatic heterocycles. The summed E-state index contributed by atoms with van der Waals surface area (Å²) in [6.45, 7) is 12.8. The Bertz CT molecular complexity index is 363. The van der Waals surface area contributed by atoms with Crippen molar-refractivity contribution in [3.05, 3.63) is 35.1 Å². The van der Waals surface area contributed by atoms with Crippen molar-refractivity contribution in [2.75, 3.05) is 6.54 Å². The third-order valence-corrected chi connectivity index (χ3v) is 3.72. The molecule has 1 aromatic rings. The van der Waals surface area contributed by atoms with Crippen molar-refractivity contribution >= 4 is 0 Å². The fourth-order valence-corrected chi connectivity index (χ4v) is 2.45. The molecule has 0 amide bonds. The van der Waals surface area contributed by atoms with E-state index in [1.54, 1.807) is 6.07 Å². The predicted molar refractivity (Wildman–Crippen MR) is 76.0 cm³/mol. The summed E-state index contributed by atoms with van der Waals surface area (Å²) in [6.07, 6.45) is 0. The molecule has 0 radical (unpaired) electrons. The fraction of sp³-hybridized carbons (Fsp3) is 0.625. The Morgan fingerprint density at radius 1 is 1.11 bits per heavy atom. The molecule has 1 aromatic carbocycles. The zero-order chi connectivity index (χ0) is 13.7. The van der Waals surface area contributed by atoms with Gasteiger partial charge in [0.05, 0.1) is 0 Å². The summed E-state index contributed by atoms with van der Waals surface area (Å²) in [4.78, 5) is 0. The number of rotatable bonds is 6. The Morgan fingerprint density at radius 2 is 1.72 bits per heavy atom. The zero-order valence-corrected chi connectivity index (χ0v) is 12.3. The molecule has 0 saturated heterocycles. The molecule has 0 heterocycles. The van der Waals surface area contributed by atoms with Crippen molar-refractivity contribution in [3.8, 4) is 0 Å². The molecule has 0 aliphatic heterocycles. The number of hydrogen-bond acceptors (Lipinski definition) is 1. The van der Waals surface area contributed by atoms with E-state index >= 15 is 0 Å². The quantitative estimate of drug-likeness (QED) is 0.801. The van der Waals surface area contributed by atoms with E-state index in [1.165, 1.54) is 6.07 Å². The van der Waals surface area contributed by atoms with Crippen LogP contribution in [0.5, 0.6) is 0 Å². The van der Waals surface area contributed by atoms with Gasteiger partial charge in [-0.15, -0.1) is 0 Å². The average Bonchev–Trinajstić information content (AvgIpc) is 2.27. The topological polar surface area (TPSA) is 12.0 Å². The average molecular weight is 251 g/mol. The van der Waals surface area contributed by atoms with Crippen LogP contribution in [-0.4, -0.2) is 6.54 Å². The van der Waals surface area contributed by atoms with E-state index in [2.05, 4.69) is 33.0 Å². The first-order chi connectivity index (χ1) is 8.41. The van der Waals surface area contributed by atoms with Gasteiger partial charge in [0, 0.05) is 6.54 Å². The van der Waals surface area contributed by atoms with Gasteiger partial charge in [0.15, 0.2) is 0 Å². The lowest BCUT2D eigenvalue weighted by Crippen LogP contribution is -2.29. The molecule has 0 aliphatic rings. The van der Waals surface area contributed by atoms with Gasteiger partial charge in [-0.3, -0.25) is 0 Å². The number of benzene rings is 1. The SMILES string of the molecule is Cc1ccc(F)cc1CNCC(C(C)C)C(C)C. The monoisotopic (exact) mass is 251 g/mol. The van der Waals surface area contributed by atoms with Crippen LogP contribution < -0.4 is 5.32 Å². The van der Waals surface area contributed by atoms with E-state index < -0.39 is 0 Å². The summed E-state index contributed by atoms with van der Waals surface area (Å²) in [7, 11) is 0. The molecule has 0 bridgehead atoms. The van der Waals surface area contributed by atoms with Gasteiger partial charge in [-0.05, 0) is 54.5 Å². The molecule has 102 valence electrons. The van der Waals surface area contributed by atoms with E-state index in [1.807, 2.05) is 13.0 Å². The Kier molecular flexibility index (Phi) is 5.80. The standard InChI is InChI=1S/C16H26FN/c1-11(2)16(12(3)4)10-18-9-14-8-15(17)7-6-13(14)5/h6-8,11-12,16,18H,9-10H2,1-5H3. The molecule has 0 spiro atoms. The molecule has 1 N–H and O–H groups in total. The van der Waals surface area contributed by atoms with E-state index in [0.717, 1.165) is 24.2 Å². The van der Waals surface area contributed by atoms with Crippen molar-refractivity contribution in [2.45, 2.75) is 41.2 Å². The minimum Gasteiger partial charge on any atom is -0.312 e. The second-order valence-electron chi connectivity index (χ2n) is 5.85. The first-order valence-corrected chi connectivity index (χ1v) is 6.87. The second kappa shape index (κ2) is 6.89. The van der Waals surface area contributed by atoms with E-state index in [0.29, 0.717) is 17.8 Å². The molecule has 0 fully saturated rings. The van der Waals surface area contributed by atoms with Gasteiger partial charge in [-0.2, -0.15) is 0 Å². The normalized spacial score (nSPS) is 11.8. The van der Waals surface area contributed by atoms with Gasteiger partial charge in [-0.1, -0.05) is 33.8 Å². The molecular formula is C16H26FN. The van der Waals surface area contributed by atoms with Crippen LogP contribution in [0.1, 0.15) is 38.8 Å². The van der Waals surface area contributed by atoms with Gasteiger partial charge >= 0.3 is 0 Å². The van der Waals surface area contributed by atoms with E-state index in [9.17, 15) is 4.39 Å². The molecule has 1 nitrogen and oxygen atoms in total. The first kappa shape index (κ1) is 15.2. The van der Waals surface area contributed by atoms with Crippen LogP contribution in [0.2, 0.25) is 0 Å². The molecule has 0 atom stereocenters. The summed E-state index contributed by atoms with van der Waals surface area (Å²) in [6, 6.07) is 4.99. The van der Waals surface area contributed by atoms with Gasteiger partial charge in [0.1, 0.15) is 5.82 Å². The molecule has 1 rings (SSSR count). The molecule has 0 saturated carbocycles. The van der Waals surface area contributed by atoms with Crippen molar-refractivity contribution in [1.82, 2.24) is 5.32 Å². The predicted octanol–water partition coefficient (Wildman–Crippen LogP) is 4.15. The van der Waals surface area contributed by atoms with Gasteiger partial charge in [0.2, 0.25) is 0 Å². The van der Waals surface area contributed by atoms with Crippen LogP contribution in [0.3, 0.4) is 0 Å². The number of aryl methyl sites for hydroxylation is 1. The summed E-state index contributed by atoms with van der Waals surface area (Å²) in [5, 5.41) is 3.47. The second-order valence-corrected chi connectivity index (χ2v) is 5.85. The lowest BCUT2D eigenvalue weighted by atomic mass is 9.85. The summed E-state index contributed by atoms with van der Waals surface area (Å²) in [5.74, 6) is 1.86. The highest BCUT2D eigenvalue weighted by atomic mass is 19.1. The van der Waals surface area contributed by atoms with Gasteiger partial charge < -0.3 is 5.32 Å². The third kappa shape index (κ3) is 4.41. The maximum absolute atomic E-state index is 13.2. The molecule has 18 heavy (non-hydrogen) atoms. The smallest absolute Gasteiger partial charge is 0.123 e. The molecule has 2 heteroatoms. The van der Waals surface area contributed by atoms with Crippen LogP contribution in [0.4, 0.5) is 4.39 Å². The lowest BCUT2D eigenvalue weighted by molar-refractivity contribution is 0.275. The van der Waals surface area contributed by atoms with Crippen LogP contribution in [0.15, 0.2) is 18.2 Å². The van der Waals surface area contributed by atoms with Crippen molar-refractivity contribution in [1.29, 1.82) is 0 Å². The Morgan fingerprint density at radius 3 is 2.28 bits per heavy atom. The van der Waals surface area contributed by atoms with Crippen LogP contribution >= 0.6 is 0 Å². The Labute approximate surface area is 111 Å². The molecule has 0 aliphatic carbocycles. The summed E-state index contributed by atoms with van der Waals surface area (Å²) >= 11 is 0. The van der Waals surface area contributed by atoms with Gasteiger partial charge in [-0.25, -0.2) is 4.39 Å². The molecule has 0 unspecified atom stereocenters. The number of nitrogens with one attached hydrogen (secondary N) is 1. The van der Waals surface area contributed by atoms with Crippen LogP contribution in [0.25, 0.3) is 0 Å². The lowest BCUT2D eigenvalue weighted by Gasteiger charge is -2.25. The summed E-state index contributed by atoms with van der Waals surface area (Å²) in [5.41, 5.74) is 2.20. The van der Waals surface area contributed by atoms with E-state index in [-0.39, 0.29) is 5.82 Å². The largest absolute Gasteiger partial charge is 0.312 e. The fourth-order valence-electron chi connectivity index (χ4n) is 2.45. The highest BCUT2D eigenvalue weighted by Crippen LogP contribution is 2.19. The minimum absolute atomic E-state index is 0.151. The van der Waals surface area contributed by atoms with Crippen molar-refractivity contribution in [3.63, 3.8) is 0 Å². The maximum atomic E-state index is 13.2. The van der Waals surface area contributed by atoms with Crippen molar-refractivity contribution < 1.29 is 4.39 Å². The third-order valence-electron chi connectivity index (χ3n) is 3.72.